The summed E-state index contributed by atoms with van der Waals surface area (Å²) >= 11 is 1.68. The molecule has 0 saturated carbocycles. The van der Waals surface area contributed by atoms with Crippen LogP contribution in [0.3, 0.4) is 0 Å². The maximum Gasteiger partial charge on any atom is 0.191 e. The van der Waals surface area contributed by atoms with Gasteiger partial charge in [-0.3, -0.25) is 4.98 Å². The first kappa shape index (κ1) is 23.7. The highest BCUT2D eigenvalue weighted by Crippen LogP contribution is 2.17. The highest BCUT2D eigenvalue weighted by Gasteiger charge is 2.05. The molecule has 4 nitrogen and oxygen atoms in total. The Labute approximate surface area is 182 Å². The van der Waals surface area contributed by atoms with E-state index in [-0.39, 0.29) is 29.8 Å². The molecule has 2 rings (SSSR count). The molecule has 1 heterocycles. The van der Waals surface area contributed by atoms with Crippen molar-refractivity contribution in [3.05, 3.63) is 64.7 Å². The van der Waals surface area contributed by atoms with Gasteiger partial charge < -0.3 is 10.6 Å². The molecule has 7 heteroatoms. The number of thioether (sulfide) groups is 1. The van der Waals surface area contributed by atoms with E-state index in [1.165, 1.54) is 17.2 Å². The van der Waals surface area contributed by atoms with Crippen molar-refractivity contribution in [2.24, 2.45) is 4.99 Å². The summed E-state index contributed by atoms with van der Waals surface area (Å²) in [5.41, 5.74) is 4.54. The molecule has 2 aromatic rings. The van der Waals surface area contributed by atoms with Gasteiger partial charge >= 0.3 is 0 Å². The molecule has 0 aliphatic rings. The van der Waals surface area contributed by atoms with E-state index in [1.54, 1.807) is 17.8 Å². The van der Waals surface area contributed by atoms with Crippen LogP contribution < -0.4 is 10.6 Å². The second kappa shape index (κ2) is 12.9. The molecule has 0 saturated heterocycles. The topological polar surface area (TPSA) is 49.3 Å². The summed E-state index contributed by atoms with van der Waals surface area (Å²) in [4.78, 5) is 8.79. The maximum absolute atomic E-state index is 13.5. The Morgan fingerprint density at radius 3 is 2.70 bits per heavy atom. The minimum atomic E-state index is -0.195. The van der Waals surface area contributed by atoms with Gasteiger partial charge in [0.05, 0.1) is 6.54 Å². The molecule has 0 unspecified atom stereocenters. The number of aromatic nitrogens is 1. The second-order valence-corrected chi connectivity index (χ2v) is 6.89. The van der Waals surface area contributed by atoms with Crippen molar-refractivity contribution in [3.8, 4) is 0 Å². The van der Waals surface area contributed by atoms with Crippen LogP contribution in [-0.2, 0) is 18.7 Å². The molecule has 148 valence electrons. The first-order chi connectivity index (χ1) is 12.6. The van der Waals surface area contributed by atoms with Crippen molar-refractivity contribution in [1.29, 1.82) is 0 Å². The number of halogens is 2. The third-order valence-corrected chi connectivity index (χ3v) is 4.64. The largest absolute Gasteiger partial charge is 0.357 e. The molecule has 0 atom stereocenters. The van der Waals surface area contributed by atoms with Crippen molar-refractivity contribution in [2.75, 3.05) is 19.3 Å². The lowest BCUT2D eigenvalue weighted by molar-refractivity contribution is 0.625. The van der Waals surface area contributed by atoms with Crippen molar-refractivity contribution in [1.82, 2.24) is 15.6 Å². The van der Waals surface area contributed by atoms with Crippen molar-refractivity contribution in [2.45, 2.75) is 32.6 Å². The fourth-order valence-electron chi connectivity index (χ4n) is 2.64. The van der Waals surface area contributed by atoms with Crippen molar-refractivity contribution in [3.63, 3.8) is 0 Å². The minimum Gasteiger partial charge on any atom is -0.357 e. The molecule has 2 N–H and O–H groups in total. The van der Waals surface area contributed by atoms with Crippen molar-refractivity contribution < 1.29 is 4.39 Å². The monoisotopic (exact) mass is 502 g/mol. The Balaban J connectivity index is 0.00000364. The van der Waals surface area contributed by atoms with Crippen LogP contribution >= 0.6 is 35.7 Å². The lowest BCUT2D eigenvalue weighted by Crippen LogP contribution is -2.38. The van der Waals surface area contributed by atoms with Gasteiger partial charge in [-0.15, -0.1) is 24.0 Å². The van der Waals surface area contributed by atoms with Crippen molar-refractivity contribution >= 4 is 41.7 Å². The number of benzene rings is 1. The van der Waals surface area contributed by atoms with Gasteiger partial charge in [-0.05, 0) is 67.0 Å². The summed E-state index contributed by atoms with van der Waals surface area (Å²) in [5, 5.41) is 6.63. The first-order valence-corrected chi connectivity index (χ1v) is 10.2. The SMILES string of the molecule is CCNC(=NCc1ccc(F)cc1CSC)NCCc1ccncc1C.I. The Kier molecular flexibility index (Phi) is 11.3. The molecule has 1 aromatic carbocycles. The second-order valence-electron chi connectivity index (χ2n) is 6.02. The van der Waals surface area contributed by atoms with Gasteiger partial charge in [0, 0.05) is 31.2 Å². The Bertz CT molecular complexity index is 740. The number of aryl methyl sites for hydroxylation is 1. The maximum atomic E-state index is 13.5. The standard InChI is InChI=1S/C20H27FN4S.HI/c1-4-23-20(24-10-8-16-7-9-22-12-15(16)2)25-13-17-5-6-19(21)11-18(17)14-26-3;/h5-7,9,11-12H,4,8,10,13-14H2,1-3H3,(H2,23,24,25);1H. The minimum absolute atomic E-state index is 0. The van der Waals surface area contributed by atoms with Crippen LogP contribution in [0.2, 0.25) is 0 Å². The predicted molar refractivity (Wildman–Crippen MR) is 125 cm³/mol. The molecule has 0 aliphatic heterocycles. The molecule has 27 heavy (non-hydrogen) atoms. The van der Waals surface area contributed by atoms with E-state index in [4.69, 9.17) is 0 Å². The third kappa shape index (κ3) is 8.04. The molecular formula is C20H28FIN4S. The summed E-state index contributed by atoms with van der Waals surface area (Å²) in [6.07, 6.45) is 6.64. The summed E-state index contributed by atoms with van der Waals surface area (Å²) in [6, 6.07) is 6.98. The average Bonchev–Trinajstić information content (AvgIpc) is 2.63. The van der Waals surface area contributed by atoms with Gasteiger partial charge in [-0.1, -0.05) is 6.07 Å². The van der Waals surface area contributed by atoms with E-state index in [9.17, 15) is 4.39 Å². The molecule has 0 spiro atoms. The van der Waals surface area contributed by atoms with Crippen LogP contribution in [0.1, 0.15) is 29.2 Å². The average molecular weight is 502 g/mol. The van der Waals surface area contributed by atoms with E-state index >= 15 is 0 Å². The van der Waals surface area contributed by atoms with Gasteiger partial charge in [-0.2, -0.15) is 11.8 Å². The summed E-state index contributed by atoms with van der Waals surface area (Å²) in [5.74, 6) is 1.37. The zero-order valence-corrected chi connectivity index (χ0v) is 19.2. The fraction of sp³-hybridized carbons (Fsp3) is 0.400. The molecule has 0 fully saturated rings. The van der Waals surface area contributed by atoms with E-state index in [0.717, 1.165) is 42.3 Å². The summed E-state index contributed by atoms with van der Waals surface area (Å²) in [7, 11) is 0. The number of hydrogen-bond donors (Lipinski definition) is 2. The number of hydrogen-bond acceptors (Lipinski definition) is 3. The highest BCUT2D eigenvalue weighted by atomic mass is 127. The third-order valence-electron chi connectivity index (χ3n) is 4.04. The molecule has 1 aromatic heterocycles. The van der Waals surface area contributed by atoms with Crippen LogP contribution in [-0.4, -0.2) is 30.3 Å². The molecule has 0 aliphatic carbocycles. The zero-order valence-electron chi connectivity index (χ0n) is 16.1. The molecular weight excluding hydrogens is 474 g/mol. The molecule has 0 radical (unpaired) electrons. The Hall–Kier alpha value is -1.35. The number of nitrogens with zero attached hydrogens (tertiary/aromatic N) is 2. The van der Waals surface area contributed by atoms with E-state index in [1.807, 2.05) is 37.7 Å². The van der Waals surface area contributed by atoms with E-state index < -0.39 is 0 Å². The van der Waals surface area contributed by atoms with Gasteiger partial charge in [-0.25, -0.2) is 9.38 Å². The quantitative estimate of drug-likeness (QED) is 0.321. The Morgan fingerprint density at radius 1 is 1.19 bits per heavy atom. The van der Waals surface area contributed by atoms with Crippen LogP contribution in [0.4, 0.5) is 4.39 Å². The number of pyridine rings is 1. The van der Waals surface area contributed by atoms with Crippen LogP contribution in [0.25, 0.3) is 0 Å². The summed E-state index contributed by atoms with van der Waals surface area (Å²) < 4.78 is 13.5. The number of rotatable bonds is 8. The highest BCUT2D eigenvalue weighted by molar-refractivity contribution is 14.0. The molecule has 0 bridgehead atoms. The first-order valence-electron chi connectivity index (χ1n) is 8.82. The van der Waals surface area contributed by atoms with E-state index in [0.29, 0.717) is 6.54 Å². The lowest BCUT2D eigenvalue weighted by Gasteiger charge is -2.13. The smallest absolute Gasteiger partial charge is 0.191 e. The van der Waals surface area contributed by atoms with Crippen LogP contribution in [0.15, 0.2) is 41.7 Å². The van der Waals surface area contributed by atoms with Gasteiger partial charge in [0.2, 0.25) is 0 Å². The predicted octanol–water partition coefficient (Wildman–Crippen LogP) is 4.31. The number of guanidine groups is 1. The van der Waals surface area contributed by atoms with E-state index in [2.05, 4.69) is 27.5 Å². The molecule has 0 amide bonds. The number of aliphatic imine (C=N–C) groups is 1. The lowest BCUT2D eigenvalue weighted by atomic mass is 10.1. The Morgan fingerprint density at radius 2 is 2.00 bits per heavy atom. The van der Waals surface area contributed by atoms with Gasteiger partial charge in [0.1, 0.15) is 5.82 Å². The normalized spacial score (nSPS) is 11.0. The van der Waals surface area contributed by atoms with Crippen LogP contribution in [0.5, 0.6) is 0 Å². The van der Waals surface area contributed by atoms with Crippen LogP contribution in [0, 0.1) is 12.7 Å². The fourth-order valence-corrected chi connectivity index (χ4v) is 3.22. The van der Waals surface area contributed by atoms with Gasteiger partial charge in [0.25, 0.3) is 0 Å². The van der Waals surface area contributed by atoms with Gasteiger partial charge in [0.15, 0.2) is 5.96 Å². The summed E-state index contributed by atoms with van der Waals surface area (Å²) in [6.45, 7) is 6.23. The zero-order chi connectivity index (χ0) is 18.8. The number of nitrogens with one attached hydrogen (secondary N) is 2.